The number of hydrogen-bond acceptors (Lipinski definition) is 7. The minimum absolute atomic E-state index is 0.0967. The van der Waals surface area contributed by atoms with Gasteiger partial charge in [0.25, 0.3) is 11.5 Å². The number of nitrogen functional groups attached to an aromatic ring is 1. The van der Waals surface area contributed by atoms with Crippen LogP contribution in [0.25, 0.3) is 0 Å². The van der Waals surface area contributed by atoms with Crippen molar-refractivity contribution in [3.63, 3.8) is 0 Å². The maximum atomic E-state index is 13.0. The van der Waals surface area contributed by atoms with Gasteiger partial charge in [0.05, 0.1) is 5.92 Å². The Bertz CT molecular complexity index is 1180. The van der Waals surface area contributed by atoms with Crippen molar-refractivity contribution >= 4 is 35.0 Å². The summed E-state index contributed by atoms with van der Waals surface area (Å²) in [5, 5.41) is 0.533. The van der Waals surface area contributed by atoms with Crippen LogP contribution in [0.3, 0.4) is 0 Å². The average molecular weight is 493 g/mol. The van der Waals surface area contributed by atoms with E-state index in [1.807, 2.05) is 13.8 Å². The summed E-state index contributed by atoms with van der Waals surface area (Å²) in [5.74, 6) is -1.23. The second-order valence-corrected chi connectivity index (χ2v) is 8.55. The van der Waals surface area contributed by atoms with Crippen molar-refractivity contribution in [3.05, 3.63) is 49.6 Å². The molecule has 3 rings (SSSR count). The molecular weight excluding hydrogens is 464 g/mol. The molecule has 0 radical (unpaired) electrons. The molecule has 0 saturated carbocycles. The van der Waals surface area contributed by atoms with Gasteiger partial charge in [-0.3, -0.25) is 23.9 Å². The summed E-state index contributed by atoms with van der Waals surface area (Å²) in [7, 11) is 0. The highest BCUT2D eigenvalue weighted by molar-refractivity contribution is 6.30. The smallest absolute Gasteiger partial charge is 0.330 e. The highest BCUT2D eigenvalue weighted by atomic mass is 35.5. The second kappa shape index (κ2) is 11.2. The molecule has 184 valence electrons. The van der Waals surface area contributed by atoms with E-state index in [0.717, 1.165) is 12.0 Å². The van der Waals surface area contributed by atoms with Gasteiger partial charge in [-0.15, -0.1) is 0 Å². The standard InChI is InChI=1S/C23H29ClN4O6/c1-3-5-9-27(19-20(25)28(8-4-2)23(32)26-21(19)30)18(29)13-34-22(31)15-10-14-11-16(24)6-7-17(14)33-12-15/h6-7,11,15H,3-5,8-10,12-13,25H2,1-2H3,(H,26,30,32). The van der Waals surface area contributed by atoms with Gasteiger partial charge in [0.1, 0.15) is 18.2 Å². The lowest BCUT2D eigenvalue weighted by atomic mass is 9.97. The number of aromatic amines is 1. The van der Waals surface area contributed by atoms with Gasteiger partial charge in [-0.1, -0.05) is 31.9 Å². The van der Waals surface area contributed by atoms with Crippen LogP contribution in [0.2, 0.25) is 5.02 Å². The minimum atomic E-state index is -0.764. The third kappa shape index (κ3) is 5.61. The molecule has 1 aliphatic heterocycles. The quantitative estimate of drug-likeness (QED) is 0.511. The molecule has 0 bridgehead atoms. The first kappa shape index (κ1) is 25.4. The van der Waals surface area contributed by atoms with Gasteiger partial charge in [0.15, 0.2) is 12.3 Å². The SMILES string of the molecule is CCCCN(C(=O)COC(=O)C1COc2ccc(Cl)cc2C1)c1c(N)n(CCC)c(=O)[nH]c1=O. The number of nitrogens with zero attached hydrogens (tertiary/aromatic N) is 2. The molecule has 10 nitrogen and oxygen atoms in total. The third-order valence-electron chi connectivity index (χ3n) is 5.57. The maximum Gasteiger partial charge on any atom is 0.330 e. The lowest BCUT2D eigenvalue weighted by Crippen LogP contribution is -2.43. The van der Waals surface area contributed by atoms with Crippen molar-refractivity contribution < 1.29 is 19.1 Å². The number of rotatable bonds is 9. The highest BCUT2D eigenvalue weighted by Crippen LogP contribution is 2.30. The van der Waals surface area contributed by atoms with Gasteiger partial charge in [-0.2, -0.15) is 0 Å². The fourth-order valence-corrected chi connectivity index (χ4v) is 4.00. The molecule has 0 aliphatic carbocycles. The Hall–Kier alpha value is -3.27. The third-order valence-corrected chi connectivity index (χ3v) is 5.80. The van der Waals surface area contributed by atoms with Crippen molar-refractivity contribution in [2.24, 2.45) is 5.92 Å². The summed E-state index contributed by atoms with van der Waals surface area (Å²) in [6.07, 6.45) is 2.31. The van der Waals surface area contributed by atoms with Crippen LogP contribution < -0.4 is 26.6 Å². The van der Waals surface area contributed by atoms with Crippen molar-refractivity contribution in [1.29, 1.82) is 0 Å². The molecule has 2 aromatic rings. The molecule has 1 aliphatic rings. The monoisotopic (exact) mass is 492 g/mol. The zero-order chi connectivity index (χ0) is 24.8. The van der Waals surface area contributed by atoms with Gasteiger partial charge in [-0.25, -0.2) is 4.79 Å². The van der Waals surface area contributed by atoms with E-state index in [1.165, 1.54) is 9.47 Å². The topological polar surface area (TPSA) is 137 Å². The maximum absolute atomic E-state index is 13.0. The first-order valence-electron chi connectivity index (χ1n) is 11.3. The summed E-state index contributed by atoms with van der Waals surface area (Å²) in [4.78, 5) is 53.8. The first-order valence-corrected chi connectivity index (χ1v) is 11.6. The number of benzene rings is 1. The highest BCUT2D eigenvalue weighted by Gasteiger charge is 2.30. The number of hydrogen-bond donors (Lipinski definition) is 2. The lowest BCUT2D eigenvalue weighted by Gasteiger charge is -2.26. The largest absolute Gasteiger partial charge is 0.492 e. The summed E-state index contributed by atoms with van der Waals surface area (Å²) in [6.45, 7) is 3.80. The molecule has 3 N–H and O–H groups in total. The van der Waals surface area contributed by atoms with E-state index >= 15 is 0 Å². The summed E-state index contributed by atoms with van der Waals surface area (Å²) in [5.41, 5.74) is 5.39. The van der Waals surface area contributed by atoms with Gasteiger partial charge in [0.2, 0.25) is 0 Å². The van der Waals surface area contributed by atoms with Crippen LogP contribution >= 0.6 is 11.6 Å². The van der Waals surface area contributed by atoms with E-state index in [1.54, 1.807) is 18.2 Å². The van der Waals surface area contributed by atoms with E-state index in [-0.39, 0.29) is 31.2 Å². The van der Waals surface area contributed by atoms with Gasteiger partial charge in [0, 0.05) is 18.1 Å². The lowest BCUT2D eigenvalue weighted by molar-refractivity contribution is -0.153. The first-order chi connectivity index (χ1) is 16.3. The number of ether oxygens (including phenoxy) is 2. The van der Waals surface area contributed by atoms with Gasteiger partial charge < -0.3 is 20.1 Å². The number of carbonyl (C=O) groups is 2. The number of amides is 1. The predicted molar refractivity (Wildman–Crippen MR) is 128 cm³/mol. The summed E-state index contributed by atoms with van der Waals surface area (Å²) >= 11 is 6.03. The molecule has 34 heavy (non-hydrogen) atoms. The Morgan fingerprint density at radius 2 is 2.06 bits per heavy atom. The Kier molecular flexibility index (Phi) is 8.38. The van der Waals surface area contributed by atoms with Crippen LogP contribution in [0.1, 0.15) is 38.7 Å². The Morgan fingerprint density at radius 3 is 2.76 bits per heavy atom. The fraction of sp³-hybridized carbons (Fsp3) is 0.478. The van der Waals surface area contributed by atoms with Crippen molar-refractivity contribution in [3.8, 4) is 5.75 Å². The molecular formula is C23H29ClN4O6. The van der Waals surface area contributed by atoms with E-state index in [4.69, 9.17) is 26.8 Å². The van der Waals surface area contributed by atoms with Crippen LogP contribution in [0.5, 0.6) is 5.75 Å². The van der Waals surface area contributed by atoms with E-state index < -0.39 is 35.7 Å². The summed E-state index contributed by atoms with van der Waals surface area (Å²) in [6, 6.07) is 5.18. The molecule has 2 heterocycles. The van der Waals surface area contributed by atoms with Crippen molar-refractivity contribution in [1.82, 2.24) is 9.55 Å². The molecule has 1 aromatic carbocycles. The van der Waals surface area contributed by atoms with Crippen molar-refractivity contribution in [2.75, 3.05) is 30.4 Å². The number of aromatic nitrogens is 2. The number of H-pyrrole nitrogens is 1. The fourth-order valence-electron chi connectivity index (χ4n) is 3.80. The molecule has 1 atom stereocenters. The summed E-state index contributed by atoms with van der Waals surface area (Å²) < 4.78 is 12.1. The number of carbonyl (C=O) groups excluding carboxylic acids is 2. The Morgan fingerprint density at radius 1 is 1.29 bits per heavy atom. The number of unbranched alkanes of at least 4 members (excludes halogenated alkanes) is 1. The second-order valence-electron chi connectivity index (χ2n) is 8.12. The van der Waals surface area contributed by atoms with Crippen molar-refractivity contribution in [2.45, 2.75) is 46.1 Å². The number of esters is 1. The van der Waals surface area contributed by atoms with Crippen LogP contribution in [0, 0.1) is 5.92 Å². The Labute approximate surface area is 201 Å². The zero-order valence-corrected chi connectivity index (χ0v) is 20.0. The number of nitrogens with two attached hydrogens (primary N) is 1. The van der Waals surface area contributed by atoms with E-state index in [0.29, 0.717) is 30.0 Å². The number of nitrogens with one attached hydrogen (secondary N) is 1. The van der Waals surface area contributed by atoms with Crippen LogP contribution in [0.15, 0.2) is 27.8 Å². The molecule has 1 unspecified atom stereocenters. The minimum Gasteiger partial charge on any atom is -0.492 e. The Balaban J connectivity index is 1.76. The van der Waals surface area contributed by atoms with E-state index in [2.05, 4.69) is 4.98 Å². The van der Waals surface area contributed by atoms with Crippen LogP contribution in [-0.2, 0) is 27.3 Å². The molecule has 1 amide bonds. The zero-order valence-electron chi connectivity index (χ0n) is 19.3. The number of halogens is 1. The van der Waals surface area contributed by atoms with Gasteiger partial charge in [-0.05, 0) is 43.0 Å². The van der Waals surface area contributed by atoms with Gasteiger partial charge >= 0.3 is 11.7 Å². The van der Waals surface area contributed by atoms with Crippen LogP contribution in [0.4, 0.5) is 11.5 Å². The number of anilines is 2. The molecule has 0 fully saturated rings. The molecule has 11 heteroatoms. The number of fused-ring (bicyclic) bond motifs is 1. The average Bonchev–Trinajstić information content (AvgIpc) is 2.81. The molecule has 0 spiro atoms. The normalized spacial score (nSPS) is 14.7. The molecule has 0 saturated heterocycles. The van der Waals surface area contributed by atoms with Crippen LogP contribution in [-0.4, -0.2) is 41.2 Å². The van der Waals surface area contributed by atoms with E-state index in [9.17, 15) is 19.2 Å². The predicted octanol–water partition coefficient (Wildman–Crippen LogP) is 2.11. The molecule has 1 aromatic heterocycles.